The minimum absolute atomic E-state index is 0.713. The van der Waals surface area contributed by atoms with E-state index in [0.717, 1.165) is 37.9 Å². The summed E-state index contributed by atoms with van der Waals surface area (Å²) in [5.74, 6) is 2.39. The fourth-order valence-corrected chi connectivity index (χ4v) is 3.63. The second kappa shape index (κ2) is 6.45. The normalized spacial score (nSPS) is 10.8. The van der Waals surface area contributed by atoms with Crippen molar-refractivity contribution in [1.82, 2.24) is 4.98 Å². The van der Waals surface area contributed by atoms with Crippen LogP contribution in [-0.4, -0.2) is 12.1 Å². The van der Waals surface area contributed by atoms with Gasteiger partial charge in [0.25, 0.3) is 0 Å². The molecule has 0 radical (unpaired) electrons. The summed E-state index contributed by atoms with van der Waals surface area (Å²) in [5, 5.41) is 0. The van der Waals surface area contributed by atoms with Crippen LogP contribution in [0.4, 0.5) is 5.69 Å². The Bertz CT molecular complexity index is 1010. The van der Waals surface area contributed by atoms with E-state index in [1.165, 1.54) is 0 Å². The molecule has 0 amide bonds. The molecule has 5 heteroatoms. The Morgan fingerprint density at radius 3 is 2.36 bits per heavy atom. The van der Waals surface area contributed by atoms with Gasteiger partial charge in [0.1, 0.15) is 17.2 Å². The summed E-state index contributed by atoms with van der Waals surface area (Å²) in [6.45, 7) is 0. The topological polar surface area (TPSA) is 57.4 Å². The number of methoxy groups -OCH3 is 1. The largest absolute Gasteiger partial charge is 0.497 e. The van der Waals surface area contributed by atoms with E-state index >= 15 is 0 Å². The molecule has 4 aromatic rings. The highest BCUT2D eigenvalue weighted by atomic mass is 32.1. The number of nitrogens with two attached hydrogens (primary N) is 1. The van der Waals surface area contributed by atoms with Crippen molar-refractivity contribution in [2.24, 2.45) is 0 Å². The van der Waals surface area contributed by atoms with E-state index in [1.54, 1.807) is 24.6 Å². The molecule has 2 aromatic heterocycles. The molecule has 0 fully saturated rings. The first-order valence-corrected chi connectivity index (χ1v) is 8.61. The van der Waals surface area contributed by atoms with Gasteiger partial charge in [0.15, 0.2) is 0 Å². The molecule has 0 atom stereocenters. The maximum absolute atomic E-state index is 6.03. The lowest BCUT2D eigenvalue weighted by atomic mass is 10.2. The Morgan fingerprint density at radius 1 is 0.920 bits per heavy atom. The number of hydrogen-bond acceptors (Lipinski definition) is 5. The summed E-state index contributed by atoms with van der Waals surface area (Å²) in [5.41, 5.74) is 8.49. The fourth-order valence-electron chi connectivity index (χ4n) is 2.56. The van der Waals surface area contributed by atoms with E-state index in [-0.39, 0.29) is 0 Å². The van der Waals surface area contributed by atoms with E-state index in [4.69, 9.17) is 15.2 Å². The van der Waals surface area contributed by atoms with Gasteiger partial charge in [-0.25, -0.2) is 0 Å². The number of benzene rings is 2. The highest BCUT2D eigenvalue weighted by Gasteiger charge is 2.11. The van der Waals surface area contributed by atoms with Crippen LogP contribution in [0.25, 0.3) is 20.7 Å². The molecule has 0 bridgehead atoms. The first-order valence-electron chi connectivity index (χ1n) is 7.79. The van der Waals surface area contributed by atoms with Gasteiger partial charge in [-0.3, -0.25) is 4.98 Å². The Balaban J connectivity index is 1.71. The van der Waals surface area contributed by atoms with Crippen molar-refractivity contribution in [2.45, 2.75) is 0 Å². The average molecular weight is 348 g/mol. The molecule has 2 N–H and O–H groups in total. The Morgan fingerprint density at radius 2 is 1.64 bits per heavy atom. The van der Waals surface area contributed by atoms with Crippen molar-refractivity contribution in [3.05, 3.63) is 66.9 Å². The lowest BCUT2D eigenvalue weighted by Crippen LogP contribution is -1.87. The molecule has 0 saturated heterocycles. The molecule has 0 aliphatic rings. The summed E-state index contributed by atoms with van der Waals surface area (Å²) >= 11 is 1.66. The molecule has 124 valence electrons. The molecule has 4 rings (SSSR count). The van der Waals surface area contributed by atoms with Crippen molar-refractivity contribution in [2.75, 3.05) is 12.8 Å². The highest BCUT2D eigenvalue weighted by Crippen LogP contribution is 2.39. The van der Waals surface area contributed by atoms with Crippen molar-refractivity contribution < 1.29 is 9.47 Å². The van der Waals surface area contributed by atoms with Gasteiger partial charge < -0.3 is 15.2 Å². The number of hydrogen-bond donors (Lipinski definition) is 1. The second-order valence-electron chi connectivity index (χ2n) is 5.53. The first kappa shape index (κ1) is 15.5. The van der Waals surface area contributed by atoms with Crippen molar-refractivity contribution in [1.29, 1.82) is 0 Å². The van der Waals surface area contributed by atoms with Gasteiger partial charge in [0.2, 0.25) is 0 Å². The molecule has 0 unspecified atom stereocenters. The summed E-state index contributed by atoms with van der Waals surface area (Å²) in [7, 11) is 1.67. The average Bonchev–Trinajstić information content (AvgIpc) is 3.09. The van der Waals surface area contributed by atoms with E-state index in [1.807, 2.05) is 54.6 Å². The van der Waals surface area contributed by atoms with Gasteiger partial charge in [0.05, 0.1) is 17.3 Å². The number of anilines is 1. The number of nitrogen functional groups attached to an aromatic ring is 1. The van der Waals surface area contributed by atoms with Crippen molar-refractivity contribution in [3.8, 4) is 27.7 Å². The molecular weight excluding hydrogens is 332 g/mol. The van der Waals surface area contributed by atoms with E-state index in [2.05, 4.69) is 11.1 Å². The van der Waals surface area contributed by atoms with E-state index in [0.29, 0.717) is 5.69 Å². The smallest absolute Gasteiger partial charge is 0.148 e. The van der Waals surface area contributed by atoms with Gasteiger partial charge in [-0.1, -0.05) is 0 Å². The standard InChI is InChI=1S/C20H16N2O2S/c1-23-15-6-2-13(3-7-15)19-12-17-20(25-19)18(10-11-22-17)24-16-8-4-14(21)5-9-16/h2-12H,21H2,1H3. The van der Waals surface area contributed by atoms with E-state index in [9.17, 15) is 0 Å². The third-order valence-electron chi connectivity index (χ3n) is 3.86. The molecule has 0 spiro atoms. The number of nitrogens with zero attached hydrogens (tertiary/aromatic N) is 1. The zero-order chi connectivity index (χ0) is 17.2. The zero-order valence-electron chi connectivity index (χ0n) is 13.6. The van der Waals surface area contributed by atoms with Crippen LogP contribution in [0, 0.1) is 0 Å². The van der Waals surface area contributed by atoms with Gasteiger partial charge >= 0.3 is 0 Å². The first-order chi connectivity index (χ1) is 12.2. The van der Waals surface area contributed by atoms with Gasteiger partial charge in [-0.05, 0) is 60.2 Å². The van der Waals surface area contributed by atoms with Crippen LogP contribution >= 0.6 is 11.3 Å². The third kappa shape index (κ3) is 3.14. The van der Waals surface area contributed by atoms with Crippen LogP contribution in [0.2, 0.25) is 0 Å². The van der Waals surface area contributed by atoms with Gasteiger partial charge in [-0.2, -0.15) is 0 Å². The fraction of sp³-hybridized carbons (Fsp3) is 0.0500. The predicted octanol–water partition coefficient (Wildman–Crippen LogP) is 5.35. The number of pyridine rings is 1. The van der Waals surface area contributed by atoms with Crippen LogP contribution in [0.3, 0.4) is 0 Å². The lowest BCUT2D eigenvalue weighted by Gasteiger charge is -2.06. The molecule has 2 heterocycles. The number of rotatable bonds is 4. The SMILES string of the molecule is COc1ccc(-c2cc3nccc(Oc4ccc(N)cc4)c3s2)cc1. The Kier molecular flexibility index (Phi) is 3.99. The second-order valence-corrected chi connectivity index (χ2v) is 6.59. The van der Waals surface area contributed by atoms with Crippen LogP contribution < -0.4 is 15.2 Å². The monoisotopic (exact) mass is 348 g/mol. The number of aromatic nitrogens is 1. The van der Waals surface area contributed by atoms with Crippen LogP contribution in [0.15, 0.2) is 66.9 Å². The van der Waals surface area contributed by atoms with Gasteiger partial charge in [-0.15, -0.1) is 11.3 Å². The number of fused-ring (bicyclic) bond motifs is 1. The summed E-state index contributed by atoms with van der Waals surface area (Å²) < 4.78 is 12.3. The van der Waals surface area contributed by atoms with E-state index < -0.39 is 0 Å². The molecule has 0 aliphatic heterocycles. The number of ether oxygens (including phenoxy) is 2. The molecule has 2 aromatic carbocycles. The van der Waals surface area contributed by atoms with Crippen molar-refractivity contribution in [3.63, 3.8) is 0 Å². The quantitative estimate of drug-likeness (QED) is 0.505. The van der Waals surface area contributed by atoms with Gasteiger partial charge in [0, 0.05) is 22.8 Å². The third-order valence-corrected chi connectivity index (χ3v) is 5.05. The van der Waals surface area contributed by atoms with Crippen LogP contribution in [0.1, 0.15) is 0 Å². The maximum atomic E-state index is 6.03. The summed E-state index contributed by atoms with van der Waals surface area (Å²) in [4.78, 5) is 5.60. The lowest BCUT2D eigenvalue weighted by molar-refractivity contribution is 0.415. The van der Waals surface area contributed by atoms with Crippen LogP contribution in [0.5, 0.6) is 17.2 Å². The van der Waals surface area contributed by atoms with Crippen molar-refractivity contribution >= 4 is 27.2 Å². The Labute approximate surface area is 149 Å². The zero-order valence-corrected chi connectivity index (χ0v) is 14.4. The predicted molar refractivity (Wildman–Crippen MR) is 103 cm³/mol. The number of thiophene rings is 1. The highest BCUT2D eigenvalue weighted by molar-refractivity contribution is 7.22. The maximum Gasteiger partial charge on any atom is 0.148 e. The molecular formula is C20H16N2O2S. The minimum atomic E-state index is 0.713. The van der Waals surface area contributed by atoms with Crippen LogP contribution in [-0.2, 0) is 0 Å². The molecule has 25 heavy (non-hydrogen) atoms. The molecule has 4 nitrogen and oxygen atoms in total. The molecule has 0 aliphatic carbocycles. The minimum Gasteiger partial charge on any atom is -0.497 e. The summed E-state index contributed by atoms with van der Waals surface area (Å²) in [6.07, 6.45) is 1.76. The summed E-state index contributed by atoms with van der Waals surface area (Å²) in [6, 6.07) is 19.3. The Hall–Kier alpha value is -3.05. The molecule has 0 saturated carbocycles.